The van der Waals surface area contributed by atoms with Crippen molar-refractivity contribution in [2.75, 3.05) is 21.2 Å². The zero-order valence-electron chi connectivity index (χ0n) is 22.0. The van der Waals surface area contributed by atoms with Gasteiger partial charge in [-0.25, -0.2) is 0 Å². The number of aliphatic hydroxyl groups excluding tert-OH is 2. The van der Waals surface area contributed by atoms with Crippen molar-refractivity contribution in [1.82, 2.24) is 4.90 Å². The number of aromatic hydroxyl groups is 1. The quantitative estimate of drug-likeness (QED) is 0.271. The number of benzene rings is 2. The van der Waals surface area contributed by atoms with E-state index >= 15 is 0 Å². The number of rotatable bonds is 5. The number of phenols is 1. The van der Waals surface area contributed by atoms with Gasteiger partial charge in [-0.05, 0) is 68.2 Å². The molecule has 0 radical (unpaired) electrons. The van der Waals surface area contributed by atoms with Crippen LogP contribution in [0.5, 0.6) is 11.5 Å². The number of allylic oxidation sites excluding steroid dienone is 1. The van der Waals surface area contributed by atoms with Crippen molar-refractivity contribution in [2.24, 2.45) is 17.6 Å². The van der Waals surface area contributed by atoms with E-state index in [0.29, 0.717) is 34.3 Å². The van der Waals surface area contributed by atoms with Crippen molar-refractivity contribution in [3.63, 3.8) is 0 Å². The lowest BCUT2D eigenvalue weighted by Gasteiger charge is -2.50. The van der Waals surface area contributed by atoms with E-state index in [0.717, 1.165) is 0 Å². The van der Waals surface area contributed by atoms with Crippen LogP contribution in [0.2, 0.25) is 0 Å². The van der Waals surface area contributed by atoms with Crippen LogP contribution in [0.25, 0.3) is 11.1 Å². The van der Waals surface area contributed by atoms with Gasteiger partial charge in [0, 0.05) is 22.6 Å². The van der Waals surface area contributed by atoms with Crippen LogP contribution in [0.4, 0.5) is 0 Å². The Kier molecular flexibility index (Phi) is 6.31. The zero-order valence-corrected chi connectivity index (χ0v) is 22.0. The second-order valence-electron chi connectivity index (χ2n) is 10.5. The Morgan fingerprint density at radius 1 is 1.12 bits per heavy atom. The summed E-state index contributed by atoms with van der Waals surface area (Å²) >= 11 is 0. The first-order valence-corrected chi connectivity index (χ1v) is 12.5. The molecular weight excluding hydrogens is 520 g/mol. The summed E-state index contributed by atoms with van der Waals surface area (Å²) in [6.07, 6.45) is 0.739. The minimum absolute atomic E-state index is 0.0353. The Balaban J connectivity index is 1.74. The van der Waals surface area contributed by atoms with Gasteiger partial charge in [-0.15, -0.1) is 0 Å². The lowest BCUT2D eigenvalue weighted by atomic mass is 9.58. The predicted molar refractivity (Wildman–Crippen MR) is 141 cm³/mol. The van der Waals surface area contributed by atoms with E-state index in [1.807, 2.05) is 0 Å². The Bertz CT molecular complexity index is 1570. The number of likely N-dealkylation sites (N-methyl/N-ethyl adjacent to an activating group) is 1. The lowest BCUT2D eigenvalue weighted by molar-refractivity contribution is -0.148. The Hall–Kier alpha value is -4.48. The fourth-order valence-electron chi connectivity index (χ4n) is 6.51. The number of ether oxygens (including phenoxy) is 1. The normalized spacial score (nSPS) is 25.9. The van der Waals surface area contributed by atoms with E-state index in [-0.39, 0.29) is 29.7 Å². The standard InChI is InChI=1S/C29H28N2O9/c1-31(2)23-17-10-13-9-16-14(15-8-12(11-32)4-7-19(15)40-3)5-6-18(33)21(16)24(34)20(13)26(36)29(17,39)27(37)22(25(23)35)28(30)38/h4-8,11,13,17,23,33,35-36,39H,9-10H2,1-3H3,(H2,30,38)/t13-,17-,23-,29-/m0/s1. The first-order chi connectivity index (χ1) is 18.9. The van der Waals surface area contributed by atoms with Gasteiger partial charge in [-0.3, -0.25) is 24.1 Å². The highest BCUT2D eigenvalue weighted by Gasteiger charge is 2.63. The summed E-state index contributed by atoms with van der Waals surface area (Å²) in [5.74, 6) is -6.76. The van der Waals surface area contributed by atoms with Gasteiger partial charge in [-0.1, -0.05) is 6.07 Å². The number of nitrogens with two attached hydrogens (primary N) is 1. The summed E-state index contributed by atoms with van der Waals surface area (Å²) in [6.45, 7) is 0. The number of hydrogen-bond donors (Lipinski definition) is 5. The molecule has 11 nitrogen and oxygen atoms in total. The van der Waals surface area contributed by atoms with Gasteiger partial charge in [0.05, 0.1) is 18.7 Å². The van der Waals surface area contributed by atoms with Crippen LogP contribution < -0.4 is 10.5 Å². The molecule has 3 aliphatic rings. The van der Waals surface area contributed by atoms with Gasteiger partial charge in [0.15, 0.2) is 11.4 Å². The maximum absolute atomic E-state index is 13.9. The molecule has 40 heavy (non-hydrogen) atoms. The maximum Gasteiger partial charge on any atom is 0.255 e. The maximum atomic E-state index is 13.9. The minimum Gasteiger partial charge on any atom is -0.510 e. The third-order valence-corrected chi connectivity index (χ3v) is 8.26. The number of carbonyl (C=O) groups is 4. The minimum atomic E-state index is -2.71. The van der Waals surface area contributed by atoms with E-state index in [9.17, 15) is 39.6 Å². The van der Waals surface area contributed by atoms with Gasteiger partial charge in [-0.2, -0.15) is 0 Å². The van der Waals surface area contributed by atoms with Gasteiger partial charge in [0.2, 0.25) is 5.78 Å². The third kappa shape index (κ3) is 3.58. The molecule has 0 aliphatic heterocycles. The molecule has 0 aromatic heterocycles. The van der Waals surface area contributed by atoms with E-state index in [2.05, 4.69) is 0 Å². The average molecular weight is 549 g/mol. The SMILES string of the molecule is COc1ccc(C=O)cc1-c1ccc(O)c2c1C[C@H]1C[C@H]3[C@H](N(C)C)C(O)=C(C(N)=O)C(=O)[C@@]3(O)C(O)=C1C2=O. The molecule has 0 unspecified atom stereocenters. The zero-order chi connectivity index (χ0) is 29.3. The Morgan fingerprint density at radius 3 is 2.42 bits per heavy atom. The Morgan fingerprint density at radius 2 is 1.82 bits per heavy atom. The fourth-order valence-corrected chi connectivity index (χ4v) is 6.51. The van der Waals surface area contributed by atoms with Crippen LogP contribution in [-0.2, 0) is 16.0 Å². The largest absolute Gasteiger partial charge is 0.510 e. The molecule has 0 heterocycles. The van der Waals surface area contributed by atoms with E-state index < -0.39 is 58.0 Å². The molecule has 2 aromatic carbocycles. The number of fused-ring (bicyclic) bond motifs is 3. The van der Waals surface area contributed by atoms with Crippen LogP contribution in [0, 0.1) is 11.8 Å². The van der Waals surface area contributed by atoms with Crippen LogP contribution in [0.15, 0.2) is 53.0 Å². The lowest BCUT2D eigenvalue weighted by Crippen LogP contribution is -2.63. The summed E-state index contributed by atoms with van der Waals surface area (Å²) in [5, 5.41) is 44.8. The number of methoxy groups -OCH3 is 1. The highest BCUT2D eigenvalue weighted by molar-refractivity contribution is 6.25. The number of carbonyl (C=O) groups excluding carboxylic acids is 4. The van der Waals surface area contributed by atoms with Crippen molar-refractivity contribution in [3.05, 3.63) is 69.7 Å². The summed E-state index contributed by atoms with van der Waals surface area (Å²) < 4.78 is 5.49. The van der Waals surface area contributed by atoms with Gasteiger partial charge < -0.3 is 30.9 Å². The van der Waals surface area contributed by atoms with Crippen LogP contribution in [0.3, 0.4) is 0 Å². The van der Waals surface area contributed by atoms with E-state index in [1.54, 1.807) is 38.4 Å². The van der Waals surface area contributed by atoms with Crippen molar-refractivity contribution in [3.8, 4) is 22.6 Å². The average Bonchev–Trinajstić information content (AvgIpc) is 2.90. The van der Waals surface area contributed by atoms with E-state index in [1.165, 1.54) is 18.1 Å². The molecule has 3 aliphatic carbocycles. The number of aldehydes is 1. The summed E-state index contributed by atoms with van der Waals surface area (Å²) in [7, 11) is 4.59. The first-order valence-electron chi connectivity index (χ1n) is 12.5. The molecule has 208 valence electrons. The Labute approximate surface area is 228 Å². The summed E-state index contributed by atoms with van der Waals surface area (Å²) in [4.78, 5) is 52.4. The molecule has 0 saturated heterocycles. The van der Waals surface area contributed by atoms with Crippen LogP contribution in [-0.4, -0.2) is 81.9 Å². The fraction of sp³-hybridized carbons (Fsp3) is 0.310. The molecule has 1 amide bonds. The van der Waals surface area contributed by atoms with Gasteiger partial charge in [0.25, 0.3) is 5.91 Å². The number of aliphatic hydroxyl groups is 3. The second-order valence-corrected chi connectivity index (χ2v) is 10.5. The molecular formula is C29H28N2O9. The van der Waals surface area contributed by atoms with Crippen molar-refractivity contribution in [2.45, 2.75) is 24.5 Å². The highest BCUT2D eigenvalue weighted by Crippen LogP contribution is 2.53. The highest BCUT2D eigenvalue weighted by atomic mass is 16.5. The summed E-state index contributed by atoms with van der Waals surface area (Å²) in [5.41, 5.74) is 3.23. The molecule has 0 saturated carbocycles. The second kappa shape index (κ2) is 9.32. The van der Waals surface area contributed by atoms with Crippen molar-refractivity contribution >= 4 is 23.8 Å². The molecule has 11 heteroatoms. The van der Waals surface area contributed by atoms with E-state index in [4.69, 9.17) is 10.5 Å². The number of Topliss-reactive ketones (excluding diaryl/α,β-unsaturated/α-hetero) is 2. The summed E-state index contributed by atoms with van der Waals surface area (Å²) in [6, 6.07) is 6.61. The number of nitrogens with zero attached hydrogens (tertiary/aromatic N) is 1. The van der Waals surface area contributed by atoms with Gasteiger partial charge in [0.1, 0.15) is 34.9 Å². The number of phenolic OH excluding ortho intramolecular Hbond substituents is 1. The van der Waals surface area contributed by atoms with Crippen molar-refractivity contribution in [1.29, 1.82) is 0 Å². The first kappa shape index (κ1) is 27.1. The van der Waals surface area contributed by atoms with Crippen LogP contribution in [0.1, 0.15) is 32.7 Å². The van der Waals surface area contributed by atoms with Crippen LogP contribution >= 0.6 is 0 Å². The number of amides is 1. The molecule has 0 spiro atoms. The molecule has 2 aromatic rings. The molecule has 0 fully saturated rings. The molecule has 0 bridgehead atoms. The molecule has 4 atom stereocenters. The third-order valence-electron chi connectivity index (χ3n) is 8.26. The molecule has 5 rings (SSSR count). The smallest absolute Gasteiger partial charge is 0.255 e. The van der Waals surface area contributed by atoms with Crippen molar-refractivity contribution < 1.29 is 44.3 Å². The van der Waals surface area contributed by atoms with Gasteiger partial charge >= 0.3 is 0 Å². The molecule has 6 N–H and O–H groups in total. The monoisotopic (exact) mass is 548 g/mol. The number of hydrogen-bond acceptors (Lipinski definition) is 10. The number of primary amides is 1. The number of ketones is 2. The predicted octanol–water partition coefficient (Wildman–Crippen LogP) is 1.61. The topological polar surface area (TPSA) is 188 Å².